The first-order valence-corrected chi connectivity index (χ1v) is 8.06. The molecule has 0 aliphatic heterocycles. The zero-order valence-corrected chi connectivity index (χ0v) is 14.1. The summed E-state index contributed by atoms with van der Waals surface area (Å²) >= 11 is 0. The Labute approximate surface area is 150 Å². The van der Waals surface area contributed by atoms with Gasteiger partial charge in [-0.15, -0.1) is 0 Å². The van der Waals surface area contributed by atoms with Crippen molar-refractivity contribution < 1.29 is 14.3 Å². The fraction of sp³-hybridized carbons (Fsp3) is 0.105. The molecular weight excluding hydrogens is 332 g/mol. The number of aromatic amines is 1. The summed E-state index contributed by atoms with van der Waals surface area (Å²) in [5, 5.41) is 6.75. The first kappa shape index (κ1) is 17.2. The second-order valence-electron chi connectivity index (χ2n) is 5.55. The van der Waals surface area contributed by atoms with Crippen molar-refractivity contribution in [2.45, 2.75) is 13.0 Å². The molecule has 2 amide bonds. The van der Waals surface area contributed by atoms with Gasteiger partial charge in [-0.3, -0.25) is 25.5 Å². The highest BCUT2D eigenvalue weighted by atomic mass is 16.5. The maximum atomic E-state index is 12.1. The van der Waals surface area contributed by atoms with Crippen LogP contribution < -0.4 is 15.6 Å². The smallest absolute Gasteiger partial charge is 0.287 e. The summed E-state index contributed by atoms with van der Waals surface area (Å²) in [5.74, 6) is -0.396. The number of hydrazine groups is 1. The molecule has 0 aliphatic rings. The predicted octanol–water partition coefficient (Wildman–Crippen LogP) is 2.31. The molecular formula is C19H18N4O3. The molecule has 7 heteroatoms. The monoisotopic (exact) mass is 350 g/mol. The van der Waals surface area contributed by atoms with Crippen LogP contribution in [0.25, 0.3) is 11.3 Å². The number of H-pyrrole nitrogens is 1. The van der Waals surface area contributed by atoms with Crippen molar-refractivity contribution in [2.24, 2.45) is 0 Å². The van der Waals surface area contributed by atoms with E-state index in [0.717, 1.165) is 5.56 Å². The van der Waals surface area contributed by atoms with Crippen molar-refractivity contribution in [1.29, 1.82) is 0 Å². The molecule has 0 saturated heterocycles. The van der Waals surface area contributed by atoms with E-state index in [1.807, 2.05) is 48.5 Å². The molecule has 1 unspecified atom stereocenters. The molecule has 0 fully saturated rings. The number of ether oxygens (including phenoxy) is 1. The number of nitrogens with one attached hydrogen (secondary N) is 3. The van der Waals surface area contributed by atoms with Gasteiger partial charge in [0.25, 0.3) is 11.8 Å². The van der Waals surface area contributed by atoms with Crippen LogP contribution >= 0.6 is 0 Å². The number of carbonyl (C=O) groups excluding carboxylic acids is 2. The number of rotatable bonds is 5. The summed E-state index contributed by atoms with van der Waals surface area (Å²) in [6.45, 7) is 1.60. The van der Waals surface area contributed by atoms with E-state index in [-0.39, 0.29) is 5.69 Å². The maximum absolute atomic E-state index is 12.1. The van der Waals surface area contributed by atoms with Crippen LogP contribution in [0.5, 0.6) is 5.75 Å². The van der Waals surface area contributed by atoms with Gasteiger partial charge in [0.1, 0.15) is 11.4 Å². The fourth-order valence-electron chi connectivity index (χ4n) is 2.24. The lowest BCUT2D eigenvalue weighted by Crippen LogP contribution is -2.47. The SMILES string of the molecule is CC(Oc1ccccc1)C(=O)NNC(=O)c1cc(-c2ccccc2)n[nH]1. The van der Waals surface area contributed by atoms with Gasteiger partial charge in [0, 0.05) is 5.56 Å². The van der Waals surface area contributed by atoms with Gasteiger partial charge in [0.2, 0.25) is 0 Å². The van der Waals surface area contributed by atoms with Crippen molar-refractivity contribution in [1.82, 2.24) is 21.0 Å². The van der Waals surface area contributed by atoms with E-state index in [2.05, 4.69) is 21.0 Å². The second kappa shape index (κ2) is 7.98. The van der Waals surface area contributed by atoms with E-state index in [1.54, 1.807) is 25.1 Å². The van der Waals surface area contributed by atoms with Crippen LogP contribution in [0.1, 0.15) is 17.4 Å². The second-order valence-corrected chi connectivity index (χ2v) is 5.55. The van der Waals surface area contributed by atoms with E-state index in [4.69, 9.17) is 4.74 Å². The highest BCUT2D eigenvalue weighted by molar-refractivity contribution is 5.95. The average Bonchev–Trinajstić information content (AvgIpc) is 3.17. The Balaban J connectivity index is 1.54. The van der Waals surface area contributed by atoms with Crippen molar-refractivity contribution in [3.8, 4) is 17.0 Å². The Kier molecular flexibility index (Phi) is 5.28. The molecule has 26 heavy (non-hydrogen) atoms. The third-order valence-corrected chi connectivity index (χ3v) is 3.62. The molecule has 132 valence electrons. The molecule has 0 radical (unpaired) electrons. The Morgan fingerprint density at radius 3 is 2.35 bits per heavy atom. The van der Waals surface area contributed by atoms with E-state index < -0.39 is 17.9 Å². The van der Waals surface area contributed by atoms with Gasteiger partial charge < -0.3 is 4.74 Å². The molecule has 1 atom stereocenters. The lowest BCUT2D eigenvalue weighted by molar-refractivity contribution is -0.128. The quantitative estimate of drug-likeness (QED) is 0.615. The van der Waals surface area contributed by atoms with Crippen LogP contribution in [0.3, 0.4) is 0 Å². The molecule has 1 heterocycles. The Morgan fingerprint density at radius 1 is 1.00 bits per heavy atom. The van der Waals surface area contributed by atoms with Crippen molar-refractivity contribution >= 4 is 11.8 Å². The maximum Gasteiger partial charge on any atom is 0.287 e. The lowest BCUT2D eigenvalue weighted by Gasteiger charge is -2.14. The Hall–Kier alpha value is -3.61. The minimum Gasteiger partial charge on any atom is -0.481 e. The molecule has 3 N–H and O–H groups in total. The van der Waals surface area contributed by atoms with E-state index in [1.165, 1.54) is 0 Å². The number of nitrogens with zero attached hydrogens (tertiary/aromatic N) is 1. The topological polar surface area (TPSA) is 96.1 Å². The Bertz CT molecular complexity index is 878. The number of benzene rings is 2. The van der Waals surface area contributed by atoms with Crippen molar-refractivity contribution in [2.75, 3.05) is 0 Å². The molecule has 3 aromatic rings. The standard InChI is InChI=1S/C19H18N4O3/c1-13(26-15-10-6-3-7-11-15)18(24)22-23-19(25)17-12-16(20-21-17)14-8-4-2-5-9-14/h2-13H,1H3,(H,20,21)(H,22,24)(H,23,25). The summed E-state index contributed by atoms with van der Waals surface area (Å²) in [5.41, 5.74) is 6.44. The van der Waals surface area contributed by atoms with Crippen LogP contribution in [0.2, 0.25) is 0 Å². The molecule has 7 nitrogen and oxygen atoms in total. The van der Waals surface area contributed by atoms with Gasteiger partial charge in [-0.1, -0.05) is 48.5 Å². The molecule has 2 aromatic carbocycles. The number of carbonyl (C=O) groups is 2. The van der Waals surface area contributed by atoms with Crippen LogP contribution in [0.4, 0.5) is 0 Å². The summed E-state index contributed by atoms with van der Waals surface area (Å²) < 4.78 is 5.49. The van der Waals surface area contributed by atoms with Gasteiger partial charge in [-0.25, -0.2) is 0 Å². The van der Waals surface area contributed by atoms with Crippen LogP contribution in [-0.4, -0.2) is 28.1 Å². The van der Waals surface area contributed by atoms with Crippen molar-refractivity contribution in [3.05, 3.63) is 72.4 Å². The summed E-state index contributed by atoms with van der Waals surface area (Å²) in [6, 6.07) is 20.0. The third kappa shape index (κ3) is 4.27. The highest BCUT2D eigenvalue weighted by Gasteiger charge is 2.17. The van der Waals surface area contributed by atoms with Gasteiger partial charge in [0.15, 0.2) is 6.10 Å². The number of aromatic nitrogens is 2. The average molecular weight is 350 g/mol. The van der Waals surface area contributed by atoms with Crippen LogP contribution in [0.15, 0.2) is 66.7 Å². The Morgan fingerprint density at radius 2 is 1.65 bits per heavy atom. The van der Waals surface area contributed by atoms with E-state index >= 15 is 0 Å². The van der Waals surface area contributed by atoms with Gasteiger partial charge >= 0.3 is 0 Å². The summed E-state index contributed by atoms with van der Waals surface area (Å²) in [4.78, 5) is 24.2. The highest BCUT2D eigenvalue weighted by Crippen LogP contribution is 2.16. The minimum atomic E-state index is -0.764. The molecule has 0 spiro atoms. The summed E-state index contributed by atoms with van der Waals surface area (Å²) in [6.07, 6.45) is -0.764. The van der Waals surface area contributed by atoms with Gasteiger partial charge in [0.05, 0.1) is 5.69 Å². The lowest BCUT2D eigenvalue weighted by atomic mass is 10.1. The number of amides is 2. The van der Waals surface area contributed by atoms with Gasteiger partial charge in [-0.05, 0) is 25.1 Å². The molecule has 3 rings (SSSR count). The zero-order chi connectivity index (χ0) is 18.4. The first-order valence-electron chi connectivity index (χ1n) is 8.06. The summed E-state index contributed by atoms with van der Waals surface area (Å²) in [7, 11) is 0. The first-order chi connectivity index (χ1) is 12.6. The van der Waals surface area contributed by atoms with Crippen LogP contribution in [0, 0.1) is 0 Å². The minimum absolute atomic E-state index is 0.237. The van der Waals surface area contributed by atoms with Crippen molar-refractivity contribution in [3.63, 3.8) is 0 Å². The van der Waals surface area contributed by atoms with E-state index in [9.17, 15) is 9.59 Å². The number of hydrogen-bond acceptors (Lipinski definition) is 4. The molecule has 0 bridgehead atoms. The zero-order valence-electron chi connectivity index (χ0n) is 14.1. The fourth-order valence-corrected chi connectivity index (χ4v) is 2.24. The van der Waals surface area contributed by atoms with Crippen LogP contribution in [-0.2, 0) is 4.79 Å². The normalized spacial score (nSPS) is 11.4. The van der Waals surface area contributed by atoms with E-state index in [0.29, 0.717) is 11.4 Å². The number of para-hydroxylation sites is 1. The third-order valence-electron chi connectivity index (χ3n) is 3.62. The largest absolute Gasteiger partial charge is 0.481 e. The number of hydrogen-bond donors (Lipinski definition) is 3. The molecule has 0 aliphatic carbocycles. The molecule has 0 saturated carbocycles. The predicted molar refractivity (Wildman–Crippen MR) is 96.2 cm³/mol. The molecule has 1 aromatic heterocycles. The van der Waals surface area contributed by atoms with Gasteiger partial charge in [-0.2, -0.15) is 5.10 Å².